The highest BCUT2D eigenvalue weighted by Crippen LogP contribution is 2.25. The minimum absolute atomic E-state index is 0.121. The van der Waals surface area contributed by atoms with Crippen LogP contribution in [0.1, 0.15) is 18.3 Å². The van der Waals surface area contributed by atoms with Crippen LogP contribution in [0.25, 0.3) is 0 Å². The van der Waals surface area contributed by atoms with Crippen LogP contribution in [0.15, 0.2) is 65.4 Å². The quantitative estimate of drug-likeness (QED) is 0.160. The average molecular weight is 515 g/mol. The molecule has 11 heteroatoms. The van der Waals surface area contributed by atoms with Gasteiger partial charge in [-0.05, 0) is 43.3 Å². The number of hydrogen-bond acceptors (Lipinski definition) is 8. The van der Waals surface area contributed by atoms with E-state index in [9.17, 15) is 4.79 Å². The lowest BCUT2D eigenvalue weighted by atomic mass is 10.1. The summed E-state index contributed by atoms with van der Waals surface area (Å²) in [6.45, 7) is 6.58. The van der Waals surface area contributed by atoms with Crippen LogP contribution in [0.3, 0.4) is 0 Å². The van der Waals surface area contributed by atoms with Gasteiger partial charge < -0.3 is 19.4 Å². The molecular formula is C24H27ClN6O3S. The molecule has 1 heterocycles. The van der Waals surface area contributed by atoms with Gasteiger partial charge in [0.05, 0.1) is 32.2 Å². The van der Waals surface area contributed by atoms with Gasteiger partial charge in [-0.1, -0.05) is 29.4 Å². The number of carbonyl (C=O) groups is 1. The fourth-order valence-corrected chi connectivity index (χ4v) is 3.97. The minimum atomic E-state index is -0.268. The summed E-state index contributed by atoms with van der Waals surface area (Å²) < 4.78 is 12.5. The van der Waals surface area contributed by atoms with Crippen LogP contribution in [0.5, 0.6) is 11.5 Å². The average Bonchev–Trinajstić information content (AvgIpc) is 3.26. The Kier molecular flexibility index (Phi) is 9.56. The molecule has 0 saturated carbocycles. The van der Waals surface area contributed by atoms with Crippen LogP contribution in [-0.2, 0) is 17.9 Å². The second-order valence-corrected chi connectivity index (χ2v) is 8.62. The third-order valence-electron chi connectivity index (χ3n) is 4.88. The van der Waals surface area contributed by atoms with Crippen molar-refractivity contribution in [3.63, 3.8) is 0 Å². The Morgan fingerprint density at radius 2 is 1.97 bits per heavy atom. The van der Waals surface area contributed by atoms with Crippen molar-refractivity contribution in [1.29, 1.82) is 0 Å². The number of ether oxygens (including phenoxy) is 2. The molecule has 2 aromatic carbocycles. The standard InChI is InChI=1S/C24H27ClN6O3S/c1-5-12-31-22(14-26-18-8-6-17(25)7-9-18)28-30-24(31)35-15-23(32)29-27-16(2)20-11-10-19(33-3)13-21(20)34-4/h5-11,13,26H,1,12,14-15H2,2-4H3,(H,29,32). The van der Waals surface area contributed by atoms with Gasteiger partial charge in [-0.25, -0.2) is 5.43 Å². The number of anilines is 1. The molecule has 0 saturated heterocycles. The first-order valence-electron chi connectivity index (χ1n) is 10.7. The number of allylic oxidation sites excluding steroid dienone is 1. The molecule has 0 spiro atoms. The smallest absolute Gasteiger partial charge is 0.250 e. The maximum atomic E-state index is 12.4. The van der Waals surface area contributed by atoms with E-state index in [1.54, 1.807) is 39.4 Å². The topological polar surface area (TPSA) is 103 Å². The summed E-state index contributed by atoms with van der Waals surface area (Å²) in [6, 6.07) is 12.8. The minimum Gasteiger partial charge on any atom is -0.497 e. The fourth-order valence-electron chi connectivity index (χ4n) is 3.08. The molecule has 0 unspecified atom stereocenters. The number of thioether (sulfide) groups is 1. The van der Waals surface area contributed by atoms with Crippen molar-refractivity contribution in [3.8, 4) is 11.5 Å². The van der Waals surface area contributed by atoms with Gasteiger partial charge in [0.1, 0.15) is 11.5 Å². The molecule has 0 radical (unpaired) electrons. The van der Waals surface area contributed by atoms with E-state index in [4.69, 9.17) is 21.1 Å². The highest BCUT2D eigenvalue weighted by atomic mass is 35.5. The van der Waals surface area contributed by atoms with E-state index < -0.39 is 0 Å². The zero-order chi connectivity index (χ0) is 25.2. The molecule has 0 aliphatic carbocycles. The van der Waals surface area contributed by atoms with E-state index in [-0.39, 0.29) is 11.7 Å². The second kappa shape index (κ2) is 12.8. The van der Waals surface area contributed by atoms with Crippen molar-refractivity contribution < 1.29 is 14.3 Å². The normalized spacial score (nSPS) is 11.1. The first-order valence-corrected chi connectivity index (χ1v) is 12.0. The molecule has 0 fully saturated rings. The number of hydrogen-bond donors (Lipinski definition) is 2. The highest BCUT2D eigenvalue weighted by Gasteiger charge is 2.14. The summed E-state index contributed by atoms with van der Waals surface area (Å²) in [6.07, 6.45) is 1.76. The number of methoxy groups -OCH3 is 2. The summed E-state index contributed by atoms with van der Waals surface area (Å²) in [5.41, 5.74) is 4.86. The van der Waals surface area contributed by atoms with E-state index in [0.29, 0.717) is 40.5 Å². The first-order chi connectivity index (χ1) is 16.9. The summed E-state index contributed by atoms with van der Waals surface area (Å²) in [5.74, 6) is 1.85. The van der Waals surface area contributed by atoms with Gasteiger partial charge in [0.25, 0.3) is 5.91 Å². The third kappa shape index (κ3) is 7.24. The lowest BCUT2D eigenvalue weighted by Crippen LogP contribution is -2.21. The zero-order valence-corrected chi connectivity index (χ0v) is 21.3. The Morgan fingerprint density at radius 3 is 2.66 bits per heavy atom. The van der Waals surface area contributed by atoms with Gasteiger partial charge >= 0.3 is 0 Å². The predicted octanol–water partition coefficient (Wildman–Crippen LogP) is 4.38. The highest BCUT2D eigenvalue weighted by molar-refractivity contribution is 7.99. The molecule has 0 bridgehead atoms. The van der Waals surface area contributed by atoms with Gasteiger partial charge in [-0.2, -0.15) is 5.10 Å². The largest absolute Gasteiger partial charge is 0.497 e. The Hall–Kier alpha value is -3.50. The summed E-state index contributed by atoms with van der Waals surface area (Å²) in [4.78, 5) is 12.4. The number of benzene rings is 2. The van der Waals surface area contributed by atoms with Crippen LogP contribution in [0.2, 0.25) is 5.02 Å². The molecule has 184 valence electrons. The summed E-state index contributed by atoms with van der Waals surface area (Å²) in [5, 5.41) is 17.3. The fraction of sp³-hybridized carbons (Fsp3) is 0.250. The van der Waals surface area contributed by atoms with Crippen molar-refractivity contribution in [3.05, 3.63) is 71.5 Å². The van der Waals surface area contributed by atoms with Crippen LogP contribution in [0.4, 0.5) is 5.69 Å². The monoisotopic (exact) mass is 514 g/mol. The van der Waals surface area contributed by atoms with Crippen LogP contribution in [-0.4, -0.2) is 46.4 Å². The van der Waals surface area contributed by atoms with Crippen molar-refractivity contribution in [2.75, 3.05) is 25.3 Å². The first kappa shape index (κ1) is 26.1. The molecule has 0 aliphatic rings. The lowest BCUT2D eigenvalue weighted by molar-refractivity contribution is -0.118. The number of hydrazone groups is 1. The number of nitrogens with zero attached hydrogens (tertiary/aromatic N) is 4. The van der Waals surface area contributed by atoms with E-state index in [1.165, 1.54) is 11.8 Å². The second-order valence-electron chi connectivity index (χ2n) is 7.25. The maximum Gasteiger partial charge on any atom is 0.250 e. The Bertz CT molecular complexity index is 1200. The molecule has 3 rings (SSSR count). The number of nitrogens with one attached hydrogen (secondary N) is 2. The predicted molar refractivity (Wildman–Crippen MR) is 140 cm³/mol. The Balaban J connectivity index is 1.60. The van der Waals surface area contributed by atoms with Gasteiger partial charge in [-0.15, -0.1) is 16.8 Å². The molecule has 0 atom stereocenters. The summed E-state index contributed by atoms with van der Waals surface area (Å²) >= 11 is 7.21. The van der Waals surface area contributed by atoms with Gasteiger partial charge in [-0.3, -0.25) is 4.79 Å². The molecule has 9 nitrogen and oxygen atoms in total. The van der Waals surface area contributed by atoms with E-state index in [1.807, 2.05) is 34.9 Å². The van der Waals surface area contributed by atoms with E-state index in [0.717, 1.165) is 17.1 Å². The van der Waals surface area contributed by atoms with Gasteiger partial charge in [0.15, 0.2) is 11.0 Å². The third-order valence-corrected chi connectivity index (χ3v) is 6.10. The van der Waals surface area contributed by atoms with E-state index >= 15 is 0 Å². The number of aromatic nitrogens is 3. The van der Waals surface area contributed by atoms with Crippen molar-refractivity contribution in [2.24, 2.45) is 5.10 Å². The van der Waals surface area contributed by atoms with Crippen LogP contribution >= 0.6 is 23.4 Å². The van der Waals surface area contributed by atoms with Crippen molar-refractivity contribution >= 4 is 40.7 Å². The Labute approximate surface area is 213 Å². The molecule has 0 aliphatic heterocycles. The summed E-state index contributed by atoms with van der Waals surface area (Å²) in [7, 11) is 3.15. The molecule has 2 N–H and O–H groups in total. The molecule has 1 amide bonds. The molecule has 35 heavy (non-hydrogen) atoms. The van der Waals surface area contributed by atoms with E-state index in [2.05, 4.69) is 32.6 Å². The number of amides is 1. The SMILES string of the molecule is C=CCn1c(CNc2ccc(Cl)cc2)nnc1SCC(=O)NN=C(C)c1ccc(OC)cc1OC. The molecule has 1 aromatic heterocycles. The molecule has 3 aromatic rings. The molecular weight excluding hydrogens is 488 g/mol. The number of carbonyl (C=O) groups excluding carboxylic acids is 1. The van der Waals surface area contributed by atoms with Crippen LogP contribution in [0, 0.1) is 0 Å². The maximum absolute atomic E-state index is 12.4. The van der Waals surface area contributed by atoms with Crippen molar-refractivity contribution in [1.82, 2.24) is 20.2 Å². The Morgan fingerprint density at radius 1 is 1.20 bits per heavy atom. The van der Waals surface area contributed by atoms with Crippen LogP contribution < -0.4 is 20.2 Å². The van der Waals surface area contributed by atoms with Gasteiger partial charge in [0.2, 0.25) is 0 Å². The lowest BCUT2D eigenvalue weighted by Gasteiger charge is -2.10. The number of rotatable bonds is 12. The van der Waals surface area contributed by atoms with Crippen molar-refractivity contribution in [2.45, 2.75) is 25.2 Å². The zero-order valence-electron chi connectivity index (χ0n) is 19.7. The number of halogens is 1. The van der Waals surface area contributed by atoms with Gasteiger partial charge in [0, 0.05) is 28.9 Å².